The lowest BCUT2D eigenvalue weighted by Crippen LogP contribution is -2.41. The number of hydrogen-bond acceptors (Lipinski definition) is 5. The molecule has 0 saturated carbocycles. The van der Waals surface area contributed by atoms with Gasteiger partial charge in [0.05, 0.1) is 4.92 Å². The molecule has 1 unspecified atom stereocenters. The minimum atomic E-state index is -0.898. The van der Waals surface area contributed by atoms with Crippen LogP contribution in [0.2, 0.25) is 0 Å². The van der Waals surface area contributed by atoms with E-state index in [9.17, 15) is 14.9 Å². The molecule has 0 spiro atoms. The molecule has 1 aromatic rings. The highest BCUT2D eigenvalue weighted by Crippen LogP contribution is 2.22. The van der Waals surface area contributed by atoms with Gasteiger partial charge in [-0.3, -0.25) is 14.9 Å². The molecule has 7 nitrogen and oxygen atoms in total. The van der Waals surface area contributed by atoms with E-state index in [0.717, 1.165) is 0 Å². The van der Waals surface area contributed by atoms with E-state index in [1.807, 2.05) is 0 Å². The molecule has 92 valence electrons. The molecule has 0 fully saturated rings. The Kier molecular flexibility index (Phi) is 4.00. The Morgan fingerprint density at radius 3 is 2.71 bits per heavy atom. The molecule has 0 saturated heterocycles. The van der Waals surface area contributed by atoms with Crippen molar-refractivity contribution in [2.24, 2.45) is 11.5 Å². The molecule has 7 heteroatoms. The van der Waals surface area contributed by atoms with Crippen LogP contribution < -0.4 is 16.2 Å². The summed E-state index contributed by atoms with van der Waals surface area (Å²) in [5, 5.41) is 10.6. The summed E-state index contributed by atoms with van der Waals surface area (Å²) in [6.45, 7) is 1.53. The Balaban J connectivity index is 2.71. The van der Waals surface area contributed by atoms with Crippen molar-refractivity contribution in [1.29, 1.82) is 0 Å². The van der Waals surface area contributed by atoms with Gasteiger partial charge in [0.1, 0.15) is 18.4 Å². The van der Waals surface area contributed by atoms with Crippen LogP contribution in [-0.2, 0) is 4.79 Å². The van der Waals surface area contributed by atoms with Gasteiger partial charge in [-0.1, -0.05) is 0 Å². The molecule has 0 bridgehead atoms. The maximum absolute atomic E-state index is 10.7. The monoisotopic (exact) mass is 239 g/mol. The summed E-state index contributed by atoms with van der Waals surface area (Å²) in [5.41, 5.74) is 10.8. The Morgan fingerprint density at radius 2 is 2.24 bits per heavy atom. The quantitative estimate of drug-likeness (QED) is 0.557. The van der Waals surface area contributed by atoms with Crippen LogP contribution >= 0.6 is 0 Å². The van der Waals surface area contributed by atoms with E-state index < -0.39 is 16.9 Å². The minimum absolute atomic E-state index is 0.0107. The van der Waals surface area contributed by atoms with Crippen molar-refractivity contribution in [3.05, 3.63) is 33.9 Å². The zero-order chi connectivity index (χ0) is 13.0. The second-order valence-electron chi connectivity index (χ2n) is 3.53. The fourth-order valence-electron chi connectivity index (χ4n) is 1.19. The number of carbonyl (C=O) groups excluding carboxylic acids is 1. The number of rotatable bonds is 5. The third-order valence-electron chi connectivity index (χ3n) is 2.16. The van der Waals surface area contributed by atoms with Gasteiger partial charge in [0, 0.05) is 11.6 Å². The van der Waals surface area contributed by atoms with Gasteiger partial charge in [-0.15, -0.1) is 0 Å². The predicted molar refractivity (Wildman–Crippen MR) is 60.5 cm³/mol. The summed E-state index contributed by atoms with van der Waals surface area (Å²) in [6, 6.07) is 3.39. The lowest BCUT2D eigenvalue weighted by molar-refractivity contribution is -0.385. The largest absolute Gasteiger partial charge is 0.491 e. The normalized spacial score (nSPS) is 11.9. The van der Waals surface area contributed by atoms with E-state index >= 15 is 0 Å². The predicted octanol–water partition coefficient (Wildman–Crippen LogP) is 0.0946. The number of nitro groups is 1. The number of primary amides is 1. The van der Waals surface area contributed by atoms with Crippen molar-refractivity contribution in [3.63, 3.8) is 0 Å². The molecule has 0 radical (unpaired) electrons. The highest BCUT2D eigenvalue weighted by Gasteiger charge is 2.13. The summed E-state index contributed by atoms with van der Waals surface area (Å²) in [4.78, 5) is 20.8. The second kappa shape index (κ2) is 5.26. The number of amides is 1. The first-order valence-electron chi connectivity index (χ1n) is 4.84. The Morgan fingerprint density at radius 1 is 1.59 bits per heavy atom. The third-order valence-corrected chi connectivity index (χ3v) is 2.16. The molecule has 4 N–H and O–H groups in total. The van der Waals surface area contributed by atoms with Crippen LogP contribution in [0.15, 0.2) is 18.2 Å². The zero-order valence-corrected chi connectivity index (χ0v) is 9.25. The van der Waals surface area contributed by atoms with E-state index in [0.29, 0.717) is 11.3 Å². The standard InChI is InChI=1S/C10H13N3O4/c1-6-4-7(2-3-9(6)13(15)16)17-5-8(11)10(12)14/h2-4,8H,5,11H2,1H3,(H2,12,14). The number of hydrogen-bond donors (Lipinski definition) is 2. The van der Waals surface area contributed by atoms with Crippen LogP contribution in [0.4, 0.5) is 5.69 Å². The molecule has 1 aromatic carbocycles. The highest BCUT2D eigenvalue weighted by molar-refractivity contribution is 5.79. The maximum Gasteiger partial charge on any atom is 0.272 e. The highest BCUT2D eigenvalue weighted by atomic mass is 16.6. The van der Waals surface area contributed by atoms with Gasteiger partial charge in [-0.2, -0.15) is 0 Å². The summed E-state index contributed by atoms with van der Waals surface area (Å²) in [5.74, 6) is -0.256. The topological polar surface area (TPSA) is 121 Å². The van der Waals surface area contributed by atoms with Crippen molar-refractivity contribution < 1.29 is 14.5 Å². The summed E-state index contributed by atoms with van der Waals surface area (Å²) >= 11 is 0. The SMILES string of the molecule is Cc1cc(OCC(N)C(N)=O)ccc1[N+](=O)[O-]. The number of nitro benzene ring substituents is 1. The van der Waals surface area contributed by atoms with Gasteiger partial charge in [0.15, 0.2) is 0 Å². The fourth-order valence-corrected chi connectivity index (χ4v) is 1.19. The molecule has 0 aliphatic rings. The van der Waals surface area contributed by atoms with E-state index in [2.05, 4.69) is 0 Å². The van der Waals surface area contributed by atoms with Crippen LogP contribution in [0, 0.1) is 17.0 Å². The first-order chi connectivity index (χ1) is 7.91. The average Bonchev–Trinajstić information content (AvgIpc) is 2.25. The molecule has 0 aliphatic heterocycles. The van der Waals surface area contributed by atoms with Gasteiger partial charge < -0.3 is 16.2 Å². The van der Waals surface area contributed by atoms with Gasteiger partial charge in [-0.05, 0) is 19.1 Å². The smallest absolute Gasteiger partial charge is 0.272 e. The van der Waals surface area contributed by atoms with Gasteiger partial charge in [0.25, 0.3) is 5.69 Å². The molecule has 1 amide bonds. The molecule has 1 atom stereocenters. The van der Waals surface area contributed by atoms with Gasteiger partial charge in [0.2, 0.25) is 5.91 Å². The average molecular weight is 239 g/mol. The number of carbonyl (C=O) groups is 1. The van der Waals surface area contributed by atoms with E-state index in [1.54, 1.807) is 6.92 Å². The fraction of sp³-hybridized carbons (Fsp3) is 0.300. The molecule has 1 rings (SSSR count). The zero-order valence-electron chi connectivity index (χ0n) is 9.25. The van der Waals surface area contributed by atoms with E-state index in [4.69, 9.17) is 16.2 Å². The number of aryl methyl sites for hydroxylation is 1. The molecule has 17 heavy (non-hydrogen) atoms. The lowest BCUT2D eigenvalue weighted by Gasteiger charge is -2.10. The molecule has 0 aromatic heterocycles. The summed E-state index contributed by atoms with van der Waals surface area (Å²) < 4.78 is 5.20. The molecule has 0 aliphatic carbocycles. The van der Waals surface area contributed by atoms with Crippen LogP contribution in [-0.4, -0.2) is 23.5 Å². The van der Waals surface area contributed by atoms with Crippen LogP contribution in [0.25, 0.3) is 0 Å². The molecular weight excluding hydrogens is 226 g/mol. The second-order valence-corrected chi connectivity index (χ2v) is 3.53. The Labute approximate surface area is 97.5 Å². The third kappa shape index (κ3) is 3.42. The Bertz CT molecular complexity index is 447. The van der Waals surface area contributed by atoms with Crippen molar-refractivity contribution in [2.45, 2.75) is 13.0 Å². The van der Waals surface area contributed by atoms with Crippen LogP contribution in [0.5, 0.6) is 5.75 Å². The lowest BCUT2D eigenvalue weighted by atomic mass is 10.2. The van der Waals surface area contributed by atoms with Crippen LogP contribution in [0.1, 0.15) is 5.56 Å². The van der Waals surface area contributed by atoms with Gasteiger partial charge >= 0.3 is 0 Å². The van der Waals surface area contributed by atoms with E-state index in [-0.39, 0.29) is 12.3 Å². The summed E-state index contributed by atoms with van der Waals surface area (Å²) in [7, 11) is 0. The van der Waals surface area contributed by atoms with Crippen molar-refractivity contribution >= 4 is 11.6 Å². The molecule has 0 heterocycles. The number of nitrogens with zero attached hydrogens (tertiary/aromatic N) is 1. The first-order valence-corrected chi connectivity index (χ1v) is 4.84. The van der Waals surface area contributed by atoms with Crippen molar-refractivity contribution in [2.75, 3.05) is 6.61 Å². The minimum Gasteiger partial charge on any atom is -0.491 e. The molecular formula is C10H13N3O4. The summed E-state index contributed by atoms with van der Waals surface area (Å²) in [6.07, 6.45) is 0. The van der Waals surface area contributed by atoms with Gasteiger partial charge in [-0.25, -0.2) is 0 Å². The van der Waals surface area contributed by atoms with Crippen LogP contribution in [0.3, 0.4) is 0 Å². The Hall–Kier alpha value is -2.15. The number of benzene rings is 1. The number of ether oxygens (including phenoxy) is 1. The van der Waals surface area contributed by atoms with Crippen molar-refractivity contribution in [3.8, 4) is 5.75 Å². The number of nitrogens with two attached hydrogens (primary N) is 2. The first kappa shape index (κ1) is 12.9. The maximum atomic E-state index is 10.7. The van der Waals surface area contributed by atoms with E-state index in [1.165, 1.54) is 18.2 Å². The van der Waals surface area contributed by atoms with Crippen molar-refractivity contribution in [1.82, 2.24) is 0 Å².